The van der Waals surface area contributed by atoms with Crippen molar-refractivity contribution in [2.24, 2.45) is 16.7 Å². The number of fused-ring (bicyclic) bond motifs is 2. The molecule has 2 saturated heterocycles. The van der Waals surface area contributed by atoms with Crippen LogP contribution >= 0.6 is 11.3 Å². The van der Waals surface area contributed by atoms with Crippen molar-refractivity contribution in [2.45, 2.75) is 91.0 Å². The molecule has 12 heteroatoms. The lowest BCUT2D eigenvalue weighted by Crippen LogP contribution is -2.81. The Morgan fingerprint density at radius 1 is 1.12 bits per heavy atom. The lowest BCUT2D eigenvalue weighted by atomic mass is 9.33. The number of likely N-dealkylation sites (tertiary alicyclic amines) is 1. The molecule has 9 rings (SSSR count). The van der Waals surface area contributed by atoms with E-state index in [0.717, 1.165) is 98.4 Å². The van der Waals surface area contributed by atoms with Crippen molar-refractivity contribution in [1.29, 1.82) is 5.26 Å². The lowest BCUT2D eigenvalue weighted by Gasteiger charge is -2.76. The Kier molecular flexibility index (Phi) is 7.40. The van der Waals surface area contributed by atoms with E-state index in [1.807, 2.05) is 19.9 Å². The number of aromatic nitrogens is 3. The van der Waals surface area contributed by atoms with Gasteiger partial charge in [-0.05, 0) is 86.7 Å². The van der Waals surface area contributed by atoms with Gasteiger partial charge in [-0.1, -0.05) is 19.9 Å². The van der Waals surface area contributed by atoms with E-state index in [9.17, 15) is 23.2 Å². The first-order valence-electron chi connectivity index (χ1n) is 17.4. The van der Waals surface area contributed by atoms with E-state index in [-0.39, 0.29) is 27.2 Å². The van der Waals surface area contributed by atoms with Gasteiger partial charge in [0.1, 0.15) is 28.2 Å². The molecule has 1 N–H and O–H groups in total. The van der Waals surface area contributed by atoms with Crippen LogP contribution in [0.1, 0.15) is 73.5 Å². The van der Waals surface area contributed by atoms with Crippen LogP contribution in [0.4, 0.5) is 19.0 Å². The van der Waals surface area contributed by atoms with E-state index in [2.05, 4.69) is 56.7 Å². The molecule has 3 saturated carbocycles. The van der Waals surface area contributed by atoms with E-state index in [1.165, 1.54) is 11.1 Å². The van der Waals surface area contributed by atoms with E-state index in [1.54, 1.807) is 6.07 Å². The van der Waals surface area contributed by atoms with Gasteiger partial charge in [-0.15, -0.1) is 11.3 Å². The molecule has 1 amide bonds. The molecule has 49 heavy (non-hydrogen) atoms. The third-order valence-electron chi connectivity index (χ3n) is 12.4. The zero-order valence-electron chi connectivity index (χ0n) is 28.5. The number of amides is 1. The smallest absolute Gasteiger partial charge is 0.355 e. The van der Waals surface area contributed by atoms with Crippen molar-refractivity contribution in [3.8, 4) is 6.07 Å². The summed E-state index contributed by atoms with van der Waals surface area (Å²) in [5, 5.41) is 15.2. The third-order valence-corrected chi connectivity index (χ3v) is 13.4. The van der Waals surface area contributed by atoms with Gasteiger partial charge in [-0.3, -0.25) is 9.69 Å². The Morgan fingerprint density at radius 3 is 2.61 bits per heavy atom. The number of rotatable bonds is 8. The molecule has 1 spiro atoms. The molecule has 5 heterocycles. The Morgan fingerprint density at radius 2 is 1.90 bits per heavy atom. The summed E-state index contributed by atoms with van der Waals surface area (Å²) >= 11 is 1.11. The van der Waals surface area contributed by atoms with Crippen LogP contribution in [0.25, 0.3) is 21.1 Å². The van der Waals surface area contributed by atoms with Gasteiger partial charge >= 0.3 is 6.18 Å². The zero-order chi connectivity index (χ0) is 34.5. The minimum absolute atomic E-state index is 0.0700. The summed E-state index contributed by atoms with van der Waals surface area (Å²) in [5.74, 6) is 1.84. The fourth-order valence-corrected chi connectivity index (χ4v) is 10.8. The fraction of sp³-hybridized carbons (Fsp3) is 0.568. The maximum atomic E-state index is 13.2. The molecule has 1 aromatic carbocycles. The number of hydrogen-bond acceptors (Lipinski definition) is 7. The van der Waals surface area contributed by atoms with E-state index in [0.29, 0.717) is 28.7 Å². The van der Waals surface area contributed by atoms with E-state index in [4.69, 9.17) is 4.98 Å². The van der Waals surface area contributed by atoms with Crippen LogP contribution < -0.4 is 10.2 Å². The average Bonchev–Trinajstić information content (AvgIpc) is 3.82. The van der Waals surface area contributed by atoms with Gasteiger partial charge in [-0.25, -0.2) is 9.97 Å². The number of alkyl halides is 3. The normalized spacial score (nSPS) is 28.0. The second kappa shape index (κ2) is 11.2. The molecule has 3 aromatic heterocycles. The molecule has 8 nitrogen and oxygen atoms in total. The number of thiophene rings is 1. The summed E-state index contributed by atoms with van der Waals surface area (Å²) in [6.45, 7) is 13.3. The second-order valence-electron chi connectivity index (χ2n) is 15.5. The van der Waals surface area contributed by atoms with Gasteiger partial charge in [0.05, 0.1) is 11.8 Å². The first-order valence-corrected chi connectivity index (χ1v) is 18.2. The first-order chi connectivity index (χ1) is 23.2. The molecular weight excluding hydrogens is 648 g/mol. The van der Waals surface area contributed by atoms with Gasteiger partial charge in [0.15, 0.2) is 0 Å². The number of halogens is 3. The van der Waals surface area contributed by atoms with Crippen LogP contribution in [-0.2, 0) is 24.3 Å². The number of carbonyl (C=O) groups excluding carboxylic acids is 1. The molecule has 3 aliphatic carbocycles. The molecule has 2 atom stereocenters. The standard InChI is InChI=1S/C37H42F3N7OS/c1-5-31(48)44-36-17-35(18-36,23(36)3)21-47-26(15-41)12-28-22(2)25(6-7-30(28)47)16-45-10-8-34(19-45)9-11-46(20-34)32-29-13-27(14-37(38,39)40)49-33(29)43-24(4)42-32/h6-7,12-13,23H,5,8-11,14,16-21H2,1-4H3,(H,44,48)/t23-,34?,35?,36?/m0/s1. The quantitative estimate of drug-likeness (QED) is 0.214. The number of aryl methyl sites for hydroxylation is 2. The predicted octanol–water partition coefficient (Wildman–Crippen LogP) is 7.04. The van der Waals surface area contributed by atoms with Crippen molar-refractivity contribution < 1.29 is 18.0 Å². The molecule has 5 fully saturated rings. The summed E-state index contributed by atoms with van der Waals surface area (Å²) in [5.41, 5.74) is 4.43. The number of nitrogens with one attached hydrogen (secondary N) is 1. The number of nitrogens with zero attached hydrogens (tertiary/aromatic N) is 6. The summed E-state index contributed by atoms with van der Waals surface area (Å²) in [4.78, 5) is 27.0. The highest BCUT2D eigenvalue weighted by molar-refractivity contribution is 7.18. The summed E-state index contributed by atoms with van der Waals surface area (Å²) in [6.07, 6.45) is -0.680. The number of nitriles is 1. The topological polar surface area (TPSA) is 90.1 Å². The Hall–Kier alpha value is -3.69. The van der Waals surface area contributed by atoms with Crippen LogP contribution in [0.3, 0.4) is 0 Å². The van der Waals surface area contributed by atoms with E-state index < -0.39 is 12.6 Å². The molecule has 4 aromatic rings. The number of carbonyl (C=O) groups is 1. The highest BCUT2D eigenvalue weighted by Gasteiger charge is 2.74. The molecular formula is C37H42F3N7OS. The highest BCUT2D eigenvalue weighted by Crippen LogP contribution is 2.72. The third kappa shape index (κ3) is 5.30. The maximum absolute atomic E-state index is 13.2. The van der Waals surface area contributed by atoms with Crippen LogP contribution in [0.5, 0.6) is 0 Å². The van der Waals surface area contributed by atoms with Crippen molar-refractivity contribution in [2.75, 3.05) is 31.1 Å². The van der Waals surface area contributed by atoms with Gasteiger partial charge in [0.25, 0.3) is 0 Å². The van der Waals surface area contributed by atoms with Gasteiger partial charge in [0, 0.05) is 65.9 Å². The van der Waals surface area contributed by atoms with Gasteiger partial charge in [-0.2, -0.15) is 18.4 Å². The molecule has 1 unspecified atom stereocenters. The molecule has 5 aliphatic rings. The second-order valence-corrected chi connectivity index (χ2v) is 16.6. The monoisotopic (exact) mass is 689 g/mol. The summed E-state index contributed by atoms with van der Waals surface area (Å²) < 4.78 is 41.7. The van der Waals surface area contributed by atoms with Crippen molar-refractivity contribution in [1.82, 2.24) is 24.8 Å². The Balaban J connectivity index is 0.967. The van der Waals surface area contributed by atoms with Crippen LogP contribution in [0, 0.1) is 41.9 Å². The minimum atomic E-state index is -4.26. The SMILES string of the molecule is CCC(=O)NC12CC(Cn3c(C#N)cc4c(C)c(CN5CCC6(CCN(c7nc(C)nc8sc(CC(F)(F)F)cc78)C6)C5)ccc43)(C1)[C@@H]2C. The van der Waals surface area contributed by atoms with Crippen LogP contribution in [0.2, 0.25) is 0 Å². The van der Waals surface area contributed by atoms with Crippen molar-refractivity contribution >= 4 is 44.2 Å². The summed E-state index contributed by atoms with van der Waals surface area (Å²) in [7, 11) is 0. The zero-order valence-corrected chi connectivity index (χ0v) is 29.3. The first kappa shape index (κ1) is 32.5. The molecule has 2 bridgehead atoms. The highest BCUT2D eigenvalue weighted by atomic mass is 32.1. The Labute approximate surface area is 288 Å². The Bertz CT molecular complexity index is 2040. The maximum Gasteiger partial charge on any atom is 0.393 e. The summed E-state index contributed by atoms with van der Waals surface area (Å²) in [6, 6.07) is 10.6. The number of hydrogen-bond donors (Lipinski definition) is 1. The number of anilines is 1. The van der Waals surface area contributed by atoms with Crippen molar-refractivity contribution in [3.05, 3.63) is 51.8 Å². The van der Waals surface area contributed by atoms with Gasteiger partial charge < -0.3 is 14.8 Å². The van der Waals surface area contributed by atoms with Gasteiger partial charge in [0.2, 0.25) is 5.91 Å². The number of benzene rings is 1. The predicted molar refractivity (Wildman–Crippen MR) is 184 cm³/mol. The van der Waals surface area contributed by atoms with E-state index >= 15 is 0 Å². The van der Waals surface area contributed by atoms with Crippen LogP contribution in [-0.4, -0.2) is 63.2 Å². The molecule has 0 radical (unpaired) electrons. The molecule has 2 aliphatic heterocycles. The van der Waals surface area contributed by atoms with Crippen molar-refractivity contribution in [3.63, 3.8) is 0 Å². The fourth-order valence-electron chi connectivity index (χ4n) is 9.66. The minimum Gasteiger partial charge on any atom is -0.355 e. The largest absolute Gasteiger partial charge is 0.393 e. The average molecular weight is 690 g/mol. The molecule has 258 valence electrons. The van der Waals surface area contributed by atoms with Crippen LogP contribution in [0.15, 0.2) is 24.3 Å². The lowest BCUT2D eigenvalue weighted by molar-refractivity contribution is -0.228.